The minimum atomic E-state index is -0.436. The minimum Gasteiger partial charge on any atom is -0.393 e. The first-order valence-corrected chi connectivity index (χ1v) is 5.85. The van der Waals surface area contributed by atoms with Gasteiger partial charge in [0.2, 0.25) is 0 Å². The number of halogens is 1. The van der Waals surface area contributed by atoms with Gasteiger partial charge in [0.15, 0.2) is 0 Å². The van der Waals surface area contributed by atoms with Gasteiger partial charge >= 0.3 is 11.9 Å². The zero-order chi connectivity index (χ0) is 11.7. The lowest BCUT2D eigenvalue weighted by Crippen LogP contribution is -2.24. The van der Waals surface area contributed by atoms with Crippen LogP contribution in [-0.2, 0) is 14.3 Å². The van der Waals surface area contributed by atoms with Crippen LogP contribution in [0.2, 0.25) is 0 Å². The summed E-state index contributed by atoms with van der Waals surface area (Å²) in [7, 11) is 0. The van der Waals surface area contributed by atoms with Crippen molar-refractivity contribution in [2.24, 2.45) is 0 Å². The molecule has 1 aromatic rings. The predicted octanol–water partition coefficient (Wildman–Crippen LogP) is 2.70. The molecule has 0 aliphatic carbocycles. The van der Waals surface area contributed by atoms with Crippen molar-refractivity contribution < 1.29 is 14.3 Å². The van der Waals surface area contributed by atoms with Gasteiger partial charge in [0.1, 0.15) is 0 Å². The van der Waals surface area contributed by atoms with E-state index < -0.39 is 11.9 Å². The molecule has 4 heteroatoms. The van der Waals surface area contributed by atoms with Crippen LogP contribution in [0.4, 0.5) is 0 Å². The van der Waals surface area contributed by atoms with Crippen LogP contribution in [0, 0.1) is 6.92 Å². The molecule has 1 aliphatic rings. The summed E-state index contributed by atoms with van der Waals surface area (Å²) in [6.07, 6.45) is 0.542. The molecule has 0 spiro atoms. The van der Waals surface area contributed by atoms with Crippen LogP contribution < -0.4 is 0 Å². The number of rotatable bonds is 1. The third-order valence-electron chi connectivity index (χ3n) is 2.65. The molecule has 1 aliphatic heterocycles. The molecule has 0 atom stereocenters. The van der Waals surface area contributed by atoms with Crippen molar-refractivity contribution in [1.29, 1.82) is 0 Å². The van der Waals surface area contributed by atoms with Crippen molar-refractivity contribution in [1.82, 2.24) is 0 Å². The Balaban J connectivity index is 2.29. The van der Waals surface area contributed by atoms with E-state index in [1.807, 2.05) is 25.1 Å². The molecule has 0 N–H and O–H groups in total. The molecule has 0 amide bonds. The Hall–Kier alpha value is -1.16. The van der Waals surface area contributed by atoms with Crippen molar-refractivity contribution in [3.8, 4) is 0 Å². The number of hydrogen-bond donors (Lipinski definition) is 0. The highest BCUT2D eigenvalue weighted by molar-refractivity contribution is 9.10. The zero-order valence-corrected chi connectivity index (χ0v) is 10.4. The van der Waals surface area contributed by atoms with Crippen LogP contribution in [0.3, 0.4) is 0 Å². The van der Waals surface area contributed by atoms with Crippen LogP contribution in [0.5, 0.6) is 0 Å². The fourth-order valence-electron chi connectivity index (χ4n) is 1.87. The second-order valence-corrected chi connectivity index (χ2v) is 4.83. The van der Waals surface area contributed by atoms with E-state index in [2.05, 4.69) is 20.7 Å². The molecule has 0 bridgehead atoms. The van der Waals surface area contributed by atoms with E-state index in [0.29, 0.717) is 0 Å². The normalized spacial score (nSPS) is 17.4. The van der Waals surface area contributed by atoms with Crippen LogP contribution in [0.25, 0.3) is 0 Å². The number of esters is 2. The fraction of sp³-hybridized carbons (Fsp3) is 0.333. The van der Waals surface area contributed by atoms with E-state index in [-0.39, 0.29) is 18.8 Å². The largest absolute Gasteiger partial charge is 0.393 e. The fourth-order valence-corrected chi connectivity index (χ4v) is 2.68. The lowest BCUT2D eigenvalue weighted by atomic mass is 9.90. The number of cyclic esters (lactones) is 2. The Morgan fingerprint density at radius 1 is 1.25 bits per heavy atom. The standard InChI is InChI=1S/C12H11BrO3/c1-7-2-3-9(10(13)4-7)8-5-11(14)16-12(15)6-8/h2-4,8H,5-6H2,1H3. The van der Waals surface area contributed by atoms with Crippen molar-refractivity contribution in [3.63, 3.8) is 0 Å². The molecular weight excluding hydrogens is 272 g/mol. The quantitative estimate of drug-likeness (QED) is 0.588. The van der Waals surface area contributed by atoms with Gasteiger partial charge in [-0.2, -0.15) is 0 Å². The van der Waals surface area contributed by atoms with Crippen molar-refractivity contribution in [2.75, 3.05) is 0 Å². The maximum Gasteiger partial charge on any atom is 0.314 e. The second kappa shape index (κ2) is 4.37. The molecule has 0 radical (unpaired) electrons. The maximum absolute atomic E-state index is 11.2. The first-order chi connectivity index (χ1) is 7.56. The van der Waals surface area contributed by atoms with Gasteiger partial charge in [0.05, 0.1) is 12.8 Å². The molecule has 0 saturated carbocycles. The van der Waals surface area contributed by atoms with E-state index in [1.54, 1.807) is 0 Å². The first-order valence-electron chi connectivity index (χ1n) is 5.06. The number of ether oxygens (including phenoxy) is 1. The third kappa shape index (κ3) is 2.32. The molecule has 1 saturated heterocycles. The van der Waals surface area contributed by atoms with Gasteiger partial charge in [0, 0.05) is 10.4 Å². The molecule has 84 valence electrons. The third-order valence-corrected chi connectivity index (χ3v) is 3.34. The summed E-state index contributed by atoms with van der Waals surface area (Å²) in [6.45, 7) is 1.99. The first kappa shape index (κ1) is 11.3. The average molecular weight is 283 g/mol. The van der Waals surface area contributed by atoms with Gasteiger partial charge in [-0.3, -0.25) is 9.59 Å². The molecule has 0 unspecified atom stereocenters. The predicted molar refractivity (Wildman–Crippen MR) is 62.0 cm³/mol. The molecule has 16 heavy (non-hydrogen) atoms. The Morgan fingerprint density at radius 3 is 2.44 bits per heavy atom. The number of benzene rings is 1. The number of aryl methyl sites for hydroxylation is 1. The Bertz CT molecular complexity index is 438. The van der Waals surface area contributed by atoms with Crippen molar-refractivity contribution >= 4 is 27.9 Å². The minimum absolute atomic E-state index is 0.0660. The molecular formula is C12H11BrO3. The molecule has 1 fully saturated rings. The average Bonchev–Trinajstić information content (AvgIpc) is 2.15. The topological polar surface area (TPSA) is 43.4 Å². The lowest BCUT2D eigenvalue weighted by molar-refractivity contribution is -0.163. The van der Waals surface area contributed by atoms with Crippen LogP contribution >= 0.6 is 15.9 Å². The summed E-state index contributed by atoms with van der Waals surface area (Å²) in [5, 5.41) is 0. The number of carbonyl (C=O) groups excluding carboxylic acids is 2. The van der Waals surface area contributed by atoms with Gasteiger partial charge < -0.3 is 4.74 Å². The van der Waals surface area contributed by atoms with Gasteiger partial charge in [-0.1, -0.05) is 28.1 Å². The summed E-state index contributed by atoms with van der Waals surface area (Å²) in [6, 6.07) is 5.92. The molecule has 1 heterocycles. The second-order valence-electron chi connectivity index (χ2n) is 3.98. The molecule has 1 aromatic carbocycles. The highest BCUT2D eigenvalue weighted by Crippen LogP contribution is 2.33. The SMILES string of the molecule is Cc1ccc(C2CC(=O)OC(=O)C2)c(Br)c1. The van der Waals surface area contributed by atoms with E-state index in [4.69, 9.17) is 0 Å². The van der Waals surface area contributed by atoms with E-state index in [9.17, 15) is 9.59 Å². The van der Waals surface area contributed by atoms with E-state index >= 15 is 0 Å². The van der Waals surface area contributed by atoms with Crippen molar-refractivity contribution in [2.45, 2.75) is 25.7 Å². The zero-order valence-electron chi connectivity index (χ0n) is 8.83. The highest BCUT2D eigenvalue weighted by Gasteiger charge is 2.29. The Morgan fingerprint density at radius 2 is 1.88 bits per heavy atom. The summed E-state index contributed by atoms with van der Waals surface area (Å²) < 4.78 is 5.45. The van der Waals surface area contributed by atoms with E-state index in [1.165, 1.54) is 0 Å². The Labute approximate surface area is 102 Å². The lowest BCUT2D eigenvalue weighted by Gasteiger charge is -2.21. The monoisotopic (exact) mass is 282 g/mol. The van der Waals surface area contributed by atoms with Crippen LogP contribution in [0.1, 0.15) is 29.9 Å². The van der Waals surface area contributed by atoms with Crippen molar-refractivity contribution in [3.05, 3.63) is 33.8 Å². The number of hydrogen-bond acceptors (Lipinski definition) is 3. The summed E-state index contributed by atoms with van der Waals surface area (Å²) in [4.78, 5) is 22.4. The molecule has 2 rings (SSSR count). The van der Waals surface area contributed by atoms with Gasteiger partial charge in [-0.05, 0) is 24.1 Å². The van der Waals surface area contributed by atoms with Crippen LogP contribution in [0.15, 0.2) is 22.7 Å². The Kier molecular flexibility index (Phi) is 3.10. The summed E-state index contributed by atoms with van der Waals surface area (Å²) >= 11 is 3.46. The molecule has 3 nitrogen and oxygen atoms in total. The van der Waals surface area contributed by atoms with Gasteiger partial charge in [-0.15, -0.1) is 0 Å². The summed E-state index contributed by atoms with van der Waals surface area (Å²) in [5.41, 5.74) is 2.14. The van der Waals surface area contributed by atoms with Gasteiger partial charge in [0.25, 0.3) is 0 Å². The van der Waals surface area contributed by atoms with Gasteiger partial charge in [-0.25, -0.2) is 0 Å². The van der Waals surface area contributed by atoms with E-state index in [0.717, 1.165) is 15.6 Å². The summed E-state index contributed by atoms with van der Waals surface area (Å²) in [5.74, 6) is -0.939. The number of carbonyl (C=O) groups is 2. The maximum atomic E-state index is 11.2. The smallest absolute Gasteiger partial charge is 0.314 e. The van der Waals surface area contributed by atoms with Crippen LogP contribution in [-0.4, -0.2) is 11.9 Å². The highest BCUT2D eigenvalue weighted by atomic mass is 79.9. The molecule has 0 aromatic heterocycles.